The van der Waals surface area contributed by atoms with Crippen molar-refractivity contribution in [3.63, 3.8) is 0 Å². The van der Waals surface area contributed by atoms with E-state index >= 15 is 0 Å². The first-order chi connectivity index (χ1) is 16.2. The summed E-state index contributed by atoms with van der Waals surface area (Å²) in [6, 6.07) is 11.3. The van der Waals surface area contributed by atoms with Gasteiger partial charge in [-0.3, -0.25) is 4.90 Å². The summed E-state index contributed by atoms with van der Waals surface area (Å²) >= 11 is 11.9. The van der Waals surface area contributed by atoms with Gasteiger partial charge in [-0.05, 0) is 80.6 Å². The molecule has 4 rings (SSSR count). The number of sulfonamides is 1. The predicted molar refractivity (Wildman–Crippen MR) is 133 cm³/mol. The molecule has 184 valence electrons. The van der Waals surface area contributed by atoms with Gasteiger partial charge in [0.2, 0.25) is 0 Å². The van der Waals surface area contributed by atoms with Gasteiger partial charge in [-0.2, -0.15) is 0 Å². The molecule has 2 aromatic rings. The molecule has 2 fully saturated rings. The molecule has 2 saturated heterocycles. The molecular weight excluding hydrogens is 497 g/mol. The molecule has 2 aliphatic rings. The molecule has 7 nitrogen and oxygen atoms in total. The SMILES string of the molecule is Cc1cc(OC2CCN(C3CCN(C(=O)NS(=O)(=O)c4ccc(Cl)cc4)CC3)CC2)ccc1Cl. The van der Waals surface area contributed by atoms with Crippen molar-refractivity contribution in [2.45, 2.75) is 49.6 Å². The number of hydrogen-bond donors (Lipinski definition) is 1. The molecule has 2 aromatic carbocycles. The first kappa shape index (κ1) is 25.1. The number of nitrogens with one attached hydrogen (secondary N) is 1. The summed E-state index contributed by atoms with van der Waals surface area (Å²) in [5, 5.41) is 1.17. The van der Waals surface area contributed by atoms with Gasteiger partial charge in [0.05, 0.1) is 4.90 Å². The zero-order valence-electron chi connectivity index (χ0n) is 19.0. The highest BCUT2D eigenvalue weighted by Gasteiger charge is 2.31. The van der Waals surface area contributed by atoms with Crippen molar-refractivity contribution in [3.8, 4) is 5.75 Å². The molecule has 0 saturated carbocycles. The van der Waals surface area contributed by atoms with E-state index in [4.69, 9.17) is 27.9 Å². The highest BCUT2D eigenvalue weighted by atomic mass is 35.5. The molecule has 0 radical (unpaired) electrons. The summed E-state index contributed by atoms with van der Waals surface area (Å²) in [7, 11) is -3.93. The Kier molecular flexibility index (Phi) is 7.92. The number of amides is 2. The maximum absolute atomic E-state index is 12.6. The fraction of sp³-hybridized carbons (Fsp3) is 0.458. The number of aryl methyl sites for hydroxylation is 1. The van der Waals surface area contributed by atoms with Crippen LogP contribution in [0.1, 0.15) is 31.2 Å². The van der Waals surface area contributed by atoms with Crippen molar-refractivity contribution >= 4 is 39.3 Å². The minimum absolute atomic E-state index is 0.0130. The van der Waals surface area contributed by atoms with Crippen LogP contribution in [-0.2, 0) is 10.0 Å². The highest BCUT2D eigenvalue weighted by Crippen LogP contribution is 2.26. The Bertz CT molecular complexity index is 1110. The average Bonchev–Trinajstić information content (AvgIpc) is 2.82. The second-order valence-electron chi connectivity index (χ2n) is 8.85. The van der Waals surface area contributed by atoms with Crippen LogP contribution in [0.5, 0.6) is 5.75 Å². The molecule has 1 N–H and O–H groups in total. The average molecular weight is 526 g/mol. The Balaban J connectivity index is 1.23. The van der Waals surface area contributed by atoms with Crippen molar-refractivity contribution in [2.24, 2.45) is 0 Å². The van der Waals surface area contributed by atoms with E-state index in [0.29, 0.717) is 24.2 Å². The number of likely N-dealkylation sites (tertiary alicyclic amines) is 2. The molecule has 34 heavy (non-hydrogen) atoms. The summed E-state index contributed by atoms with van der Waals surface area (Å²) in [5.74, 6) is 0.855. The van der Waals surface area contributed by atoms with Crippen LogP contribution in [0.4, 0.5) is 4.79 Å². The lowest BCUT2D eigenvalue weighted by Crippen LogP contribution is -2.52. The minimum Gasteiger partial charge on any atom is -0.490 e. The predicted octanol–water partition coefficient (Wildman–Crippen LogP) is 4.71. The van der Waals surface area contributed by atoms with Gasteiger partial charge in [-0.15, -0.1) is 0 Å². The first-order valence-electron chi connectivity index (χ1n) is 11.5. The Morgan fingerprint density at radius 1 is 0.971 bits per heavy atom. The zero-order chi connectivity index (χ0) is 24.3. The molecule has 2 aliphatic heterocycles. The van der Waals surface area contributed by atoms with Crippen molar-refractivity contribution < 1.29 is 17.9 Å². The highest BCUT2D eigenvalue weighted by molar-refractivity contribution is 7.90. The molecule has 0 aliphatic carbocycles. The van der Waals surface area contributed by atoms with Crippen molar-refractivity contribution in [1.29, 1.82) is 0 Å². The molecular formula is C24H29Cl2N3O4S. The topological polar surface area (TPSA) is 79.0 Å². The van der Waals surface area contributed by atoms with Gasteiger partial charge in [-0.1, -0.05) is 23.2 Å². The van der Waals surface area contributed by atoms with E-state index in [9.17, 15) is 13.2 Å². The Hall–Kier alpha value is -2.00. The third-order valence-electron chi connectivity index (χ3n) is 6.52. The van der Waals surface area contributed by atoms with E-state index in [-0.39, 0.29) is 11.0 Å². The normalized spacial score (nSPS) is 18.6. The number of nitrogens with zero attached hydrogens (tertiary/aromatic N) is 2. The van der Waals surface area contributed by atoms with Gasteiger partial charge in [0, 0.05) is 42.3 Å². The van der Waals surface area contributed by atoms with E-state index < -0.39 is 16.1 Å². The Morgan fingerprint density at radius 2 is 1.62 bits per heavy atom. The number of carbonyl (C=O) groups is 1. The fourth-order valence-corrected chi connectivity index (χ4v) is 5.74. The van der Waals surface area contributed by atoms with Crippen LogP contribution in [0, 0.1) is 6.92 Å². The van der Waals surface area contributed by atoms with Crippen LogP contribution in [0.25, 0.3) is 0 Å². The lowest BCUT2D eigenvalue weighted by Gasteiger charge is -2.41. The van der Waals surface area contributed by atoms with Crippen LogP contribution in [0.2, 0.25) is 10.0 Å². The van der Waals surface area contributed by atoms with E-state index in [0.717, 1.165) is 55.1 Å². The second-order valence-corrected chi connectivity index (χ2v) is 11.4. The number of urea groups is 1. The maximum Gasteiger partial charge on any atom is 0.331 e. The summed E-state index contributed by atoms with van der Waals surface area (Å²) in [4.78, 5) is 16.6. The van der Waals surface area contributed by atoms with Gasteiger partial charge < -0.3 is 9.64 Å². The smallest absolute Gasteiger partial charge is 0.331 e. The molecule has 10 heteroatoms. The molecule has 2 heterocycles. The quantitative estimate of drug-likeness (QED) is 0.611. The number of ether oxygens (including phenoxy) is 1. The van der Waals surface area contributed by atoms with Crippen molar-refractivity contribution in [1.82, 2.24) is 14.5 Å². The largest absolute Gasteiger partial charge is 0.490 e. The van der Waals surface area contributed by atoms with E-state index in [2.05, 4.69) is 9.62 Å². The zero-order valence-corrected chi connectivity index (χ0v) is 21.4. The van der Waals surface area contributed by atoms with Crippen molar-refractivity contribution in [2.75, 3.05) is 26.2 Å². The van der Waals surface area contributed by atoms with Crippen LogP contribution in [0.3, 0.4) is 0 Å². The number of hydrogen-bond acceptors (Lipinski definition) is 5. The minimum atomic E-state index is -3.93. The lowest BCUT2D eigenvalue weighted by atomic mass is 9.99. The van der Waals surface area contributed by atoms with Gasteiger partial charge in [0.15, 0.2) is 0 Å². The van der Waals surface area contributed by atoms with Gasteiger partial charge >= 0.3 is 6.03 Å². The number of piperidine rings is 2. The van der Waals surface area contributed by atoms with Gasteiger partial charge in [0.25, 0.3) is 10.0 Å². The molecule has 0 bridgehead atoms. The molecule has 0 spiro atoms. The third-order valence-corrected chi connectivity index (χ3v) is 8.53. The Labute approximate surface area is 211 Å². The van der Waals surface area contributed by atoms with E-state index in [1.807, 2.05) is 25.1 Å². The van der Waals surface area contributed by atoms with Gasteiger partial charge in [-0.25, -0.2) is 17.9 Å². The van der Waals surface area contributed by atoms with E-state index in [1.165, 1.54) is 24.3 Å². The van der Waals surface area contributed by atoms with Gasteiger partial charge in [0.1, 0.15) is 11.9 Å². The first-order valence-corrected chi connectivity index (χ1v) is 13.7. The standard InChI is InChI=1S/C24H29Cl2N3O4S/c1-17-16-21(4-7-23(17)26)33-20-10-14-28(15-11-20)19-8-12-29(13-9-19)24(30)27-34(31,32)22-5-2-18(25)3-6-22/h2-7,16,19-20H,8-15H2,1H3,(H,27,30). The fourth-order valence-electron chi connectivity index (χ4n) is 4.53. The molecule has 0 unspecified atom stereocenters. The molecule has 0 atom stereocenters. The number of benzene rings is 2. The second kappa shape index (κ2) is 10.7. The van der Waals surface area contributed by atoms with Crippen LogP contribution >= 0.6 is 23.2 Å². The summed E-state index contributed by atoms with van der Waals surface area (Å²) in [6.07, 6.45) is 3.71. The van der Waals surface area contributed by atoms with E-state index in [1.54, 1.807) is 4.90 Å². The summed E-state index contributed by atoms with van der Waals surface area (Å²) < 4.78 is 33.3. The van der Waals surface area contributed by atoms with Crippen LogP contribution < -0.4 is 9.46 Å². The third kappa shape index (κ3) is 6.16. The van der Waals surface area contributed by atoms with Crippen LogP contribution in [0.15, 0.2) is 47.4 Å². The number of rotatable bonds is 5. The monoisotopic (exact) mass is 525 g/mol. The molecule has 2 amide bonds. The van der Waals surface area contributed by atoms with Crippen LogP contribution in [-0.4, -0.2) is 62.6 Å². The molecule has 0 aromatic heterocycles. The summed E-state index contributed by atoms with van der Waals surface area (Å²) in [6.45, 7) is 4.90. The Morgan fingerprint density at radius 3 is 2.24 bits per heavy atom. The van der Waals surface area contributed by atoms with Crippen molar-refractivity contribution in [3.05, 3.63) is 58.1 Å². The number of halogens is 2. The lowest BCUT2D eigenvalue weighted by molar-refractivity contribution is 0.0539. The summed E-state index contributed by atoms with van der Waals surface area (Å²) in [5.41, 5.74) is 1.01. The maximum atomic E-state index is 12.6. The number of carbonyl (C=O) groups excluding carboxylic acids is 1.